The van der Waals surface area contributed by atoms with Crippen molar-refractivity contribution in [3.63, 3.8) is 0 Å². The number of benzene rings is 3. The van der Waals surface area contributed by atoms with E-state index >= 15 is 0 Å². The fourth-order valence-corrected chi connectivity index (χ4v) is 7.29. The molecule has 6 rings (SSSR count). The number of para-hydroxylation sites is 1. The number of carbonyl (C=O) groups excluding carboxylic acids is 2. The molecule has 2 amide bonds. The van der Waals surface area contributed by atoms with Gasteiger partial charge in [0.05, 0.1) is 16.5 Å². The van der Waals surface area contributed by atoms with E-state index < -0.39 is 10.4 Å². The van der Waals surface area contributed by atoms with Crippen molar-refractivity contribution in [3.8, 4) is 11.5 Å². The molecular weight excluding hydrogens is 468 g/mol. The number of fused-ring (bicyclic) bond motifs is 1. The third-order valence-corrected chi connectivity index (χ3v) is 8.68. The molecular formula is C30H28N2O3S. The maximum atomic E-state index is 14.5. The molecule has 182 valence electrons. The summed E-state index contributed by atoms with van der Waals surface area (Å²) in [5.74, 6) is 1.28. The highest BCUT2D eigenvalue weighted by Crippen LogP contribution is 2.61. The highest BCUT2D eigenvalue weighted by molar-refractivity contribution is 8.03. The van der Waals surface area contributed by atoms with Crippen LogP contribution in [0, 0.1) is 6.92 Å². The Balaban J connectivity index is 1.50. The Morgan fingerprint density at radius 1 is 0.889 bits per heavy atom. The van der Waals surface area contributed by atoms with Crippen molar-refractivity contribution in [2.75, 3.05) is 9.80 Å². The summed E-state index contributed by atoms with van der Waals surface area (Å²) in [6.45, 7) is 10.2. The first-order valence-corrected chi connectivity index (χ1v) is 13.1. The zero-order valence-corrected chi connectivity index (χ0v) is 21.8. The van der Waals surface area contributed by atoms with Crippen LogP contribution < -0.4 is 14.5 Å². The fraction of sp³-hybridized carbons (Fsp3) is 0.267. The van der Waals surface area contributed by atoms with Gasteiger partial charge in [-0.15, -0.1) is 11.8 Å². The smallest absolute Gasteiger partial charge is 0.269 e. The summed E-state index contributed by atoms with van der Waals surface area (Å²) in [4.78, 5) is 30.6. The van der Waals surface area contributed by atoms with E-state index in [0.29, 0.717) is 11.4 Å². The average molecular weight is 497 g/mol. The van der Waals surface area contributed by atoms with Crippen LogP contribution in [0.3, 0.4) is 0 Å². The van der Waals surface area contributed by atoms with E-state index in [9.17, 15) is 9.59 Å². The van der Waals surface area contributed by atoms with E-state index in [4.69, 9.17) is 4.74 Å². The summed E-state index contributed by atoms with van der Waals surface area (Å²) < 4.78 is 5.96. The SMILES string of the molecule is CC1=CC(C)(C)N2C(=O)[C@]3(S[C@@H](C)C(=O)N3c3ccc(Oc4ccccc4)cc3)c3cc(C)cc1c32. The van der Waals surface area contributed by atoms with E-state index in [1.807, 2.05) is 66.4 Å². The van der Waals surface area contributed by atoms with E-state index in [2.05, 4.69) is 45.9 Å². The van der Waals surface area contributed by atoms with Crippen LogP contribution in [-0.2, 0) is 14.5 Å². The molecule has 3 aliphatic heterocycles. The zero-order valence-electron chi connectivity index (χ0n) is 21.0. The molecule has 1 spiro atoms. The minimum Gasteiger partial charge on any atom is -0.457 e. The van der Waals surface area contributed by atoms with Crippen LogP contribution in [-0.4, -0.2) is 22.6 Å². The van der Waals surface area contributed by atoms with E-state index in [0.717, 1.165) is 33.7 Å². The van der Waals surface area contributed by atoms with E-state index in [1.165, 1.54) is 11.8 Å². The van der Waals surface area contributed by atoms with Gasteiger partial charge in [0.1, 0.15) is 11.5 Å². The standard InChI is InChI=1S/C30H28N2O3S/c1-18-15-24-19(2)17-29(4,5)32-26(24)25(16-18)30(28(32)34)31(27(33)20(3)36-30)21-11-13-23(14-12-21)35-22-9-7-6-8-10-22/h6-17,20H,1-5H3/t20-,30+/m0/s1. The molecule has 2 atom stereocenters. The van der Waals surface area contributed by atoms with Gasteiger partial charge < -0.3 is 4.74 Å². The molecule has 0 bridgehead atoms. The van der Waals surface area contributed by atoms with Gasteiger partial charge in [0.15, 0.2) is 0 Å². The number of carbonyl (C=O) groups is 2. The lowest BCUT2D eigenvalue weighted by atomic mass is 9.88. The summed E-state index contributed by atoms with van der Waals surface area (Å²) in [7, 11) is 0. The Bertz CT molecular complexity index is 1450. The number of nitrogens with zero attached hydrogens (tertiary/aromatic N) is 2. The molecule has 6 heteroatoms. The molecule has 0 radical (unpaired) electrons. The molecule has 0 N–H and O–H groups in total. The predicted molar refractivity (Wildman–Crippen MR) is 146 cm³/mol. The molecule has 3 aromatic carbocycles. The monoisotopic (exact) mass is 496 g/mol. The number of ether oxygens (including phenoxy) is 1. The zero-order chi connectivity index (χ0) is 25.4. The third kappa shape index (κ3) is 3.10. The van der Waals surface area contributed by atoms with Crippen molar-refractivity contribution >= 4 is 40.5 Å². The lowest BCUT2D eigenvalue weighted by Crippen LogP contribution is -2.55. The first-order chi connectivity index (χ1) is 17.1. The number of thioether (sulfide) groups is 1. The van der Waals surface area contributed by atoms with Crippen molar-refractivity contribution in [1.82, 2.24) is 0 Å². The molecule has 1 saturated heterocycles. The Labute approximate surface area is 215 Å². The molecule has 0 aliphatic carbocycles. The van der Waals surface area contributed by atoms with Crippen molar-refractivity contribution < 1.29 is 14.3 Å². The second kappa shape index (κ2) is 7.74. The molecule has 5 nitrogen and oxygen atoms in total. The quantitative estimate of drug-likeness (QED) is 0.407. The highest BCUT2D eigenvalue weighted by atomic mass is 32.2. The maximum Gasteiger partial charge on any atom is 0.269 e. The molecule has 3 heterocycles. The number of hydrogen-bond acceptors (Lipinski definition) is 4. The number of rotatable bonds is 3. The van der Waals surface area contributed by atoms with Gasteiger partial charge in [0.25, 0.3) is 5.91 Å². The molecule has 3 aromatic rings. The van der Waals surface area contributed by atoms with Gasteiger partial charge >= 0.3 is 0 Å². The summed E-state index contributed by atoms with van der Waals surface area (Å²) in [5, 5.41) is -0.358. The summed E-state index contributed by atoms with van der Waals surface area (Å²) in [5.41, 5.74) is 5.30. The topological polar surface area (TPSA) is 49.9 Å². The number of amides is 2. The molecule has 1 fully saturated rings. The Morgan fingerprint density at radius 3 is 2.25 bits per heavy atom. The van der Waals surface area contributed by atoms with Crippen molar-refractivity contribution in [1.29, 1.82) is 0 Å². The number of hydrogen-bond donors (Lipinski definition) is 0. The minimum absolute atomic E-state index is 0.0644. The van der Waals surface area contributed by atoms with Crippen LogP contribution in [0.2, 0.25) is 0 Å². The highest BCUT2D eigenvalue weighted by Gasteiger charge is 2.65. The lowest BCUT2D eigenvalue weighted by molar-refractivity contribution is -0.124. The maximum absolute atomic E-state index is 14.5. The van der Waals surface area contributed by atoms with Gasteiger partial charge in [-0.1, -0.05) is 30.3 Å². The predicted octanol–water partition coefficient (Wildman–Crippen LogP) is 6.65. The van der Waals surface area contributed by atoms with Crippen LogP contribution in [0.4, 0.5) is 11.4 Å². The van der Waals surface area contributed by atoms with Crippen molar-refractivity contribution in [2.24, 2.45) is 0 Å². The Hall–Kier alpha value is -3.51. The van der Waals surface area contributed by atoms with Gasteiger partial charge in [-0.25, -0.2) is 0 Å². The second-order valence-corrected chi connectivity index (χ2v) is 11.9. The molecule has 0 saturated carbocycles. The summed E-state index contributed by atoms with van der Waals surface area (Å²) in [6.07, 6.45) is 2.15. The van der Waals surface area contributed by atoms with Crippen LogP contribution in [0.25, 0.3) is 5.57 Å². The largest absolute Gasteiger partial charge is 0.457 e. The average Bonchev–Trinajstić information content (AvgIpc) is 3.24. The summed E-state index contributed by atoms with van der Waals surface area (Å²) >= 11 is 1.44. The van der Waals surface area contributed by atoms with Gasteiger partial charge in [-0.3, -0.25) is 19.4 Å². The number of aryl methyl sites for hydroxylation is 1. The van der Waals surface area contributed by atoms with Gasteiger partial charge in [-0.2, -0.15) is 0 Å². The lowest BCUT2D eigenvalue weighted by Gasteiger charge is -2.40. The van der Waals surface area contributed by atoms with Crippen molar-refractivity contribution in [2.45, 2.75) is 50.3 Å². The van der Waals surface area contributed by atoms with Crippen LogP contribution in [0.5, 0.6) is 11.5 Å². The Kier molecular flexibility index (Phi) is 4.93. The number of allylic oxidation sites excluding steroid dienone is 1. The first-order valence-electron chi connectivity index (χ1n) is 12.2. The summed E-state index contributed by atoms with van der Waals surface area (Å²) in [6, 6.07) is 21.3. The molecule has 0 aromatic heterocycles. The molecule has 0 unspecified atom stereocenters. The minimum atomic E-state index is -1.15. The van der Waals surface area contributed by atoms with Crippen LogP contribution in [0.15, 0.2) is 72.8 Å². The first kappa shape index (κ1) is 22.9. The Morgan fingerprint density at radius 2 is 1.56 bits per heavy atom. The van der Waals surface area contributed by atoms with Gasteiger partial charge in [0.2, 0.25) is 10.8 Å². The van der Waals surface area contributed by atoms with E-state index in [-0.39, 0.29) is 17.1 Å². The fourth-order valence-electron chi connectivity index (χ4n) is 5.79. The van der Waals surface area contributed by atoms with Gasteiger partial charge in [-0.05, 0) is 88.2 Å². The number of anilines is 2. The van der Waals surface area contributed by atoms with E-state index in [1.54, 1.807) is 4.90 Å². The normalized spacial score (nSPS) is 23.8. The van der Waals surface area contributed by atoms with Crippen molar-refractivity contribution in [3.05, 3.63) is 89.5 Å². The molecule has 3 aliphatic rings. The van der Waals surface area contributed by atoms with Gasteiger partial charge in [0, 0.05) is 16.8 Å². The third-order valence-electron chi connectivity index (χ3n) is 7.21. The van der Waals surface area contributed by atoms with Crippen LogP contribution >= 0.6 is 11.8 Å². The second-order valence-electron chi connectivity index (χ2n) is 10.3. The van der Waals surface area contributed by atoms with Crippen LogP contribution in [0.1, 0.15) is 44.4 Å². The molecule has 36 heavy (non-hydrogen) atoms.